The van der Waals surface area contributed by atoms with E-state index in [0.29, 0.717) is 5.82 Å². The first kappa shape index (κ1) is 12.5. The summed E-state index contributed by atoms with van der Waals surface area (Å²) in [5.41, 5.74) is 10.4. The van der Waals surface area contributed by atoms with Gasteiger partial charge in [0.2, 0.25) is 0 Å². The van der Waals surface area contributed by atoms with Crippen molar-refractivity contribution in [3.63, 3.8) is 0 Å². The zero-order chi connectivity index (χ0) is 13.9. The number of para-hydroxylation sites is 1. The lowest BCUT2D eigenvalue weighted by Crippen LogP contribution is -1.99. The standard InChI is InChI=1S/C17H17N3/c1-2-13-7-6-8-14(11-13)16-12-17(18)19-20(16)15-9-4-3-5-10-15/h3-12H,2H2,1H3,(H2,18,19). The summed E-state index contributed by atoms with van der Waals surface area (Å²) in [5.74, 6) is 0.533. The summed E-state index contributed by atoms with van der Waals surface area (Å²) in [6.45, 7) is 2.15. The van der Waals surface area contributed by atoms with Gasteiger partial charge in [-0.25, -0.2) is 4.68 Å². The molecule has 100 valence electrons. The van der Waals surface area contributed by atoms with Crippen molar-refractivity contribution >= 4 is 5.82 Å². The average Bonchev–Trinajstić information content (AvgIpc) is 2.90. The number of nitrogen functional groups attached to an aromatic ring is 1. The zero-order valence-electron chi connectivity index (χ0n) is 11.5. The van der Waals surface area contributed by atoms with Gasteiger partial charge >= 0.3 is 0 Å². The molecule has 2 aromatic carbocycles. The lowest BCUT2D eigenvalue weighted by molar-refractivity contribution is 0.893. The molecule has 0 amide bonds. The molecule has 0 bridgehead atoms. The molecule has 3 aromatic rings. The SMILES string of the molecule is CCc1cccc(-c2cc(N)nn2-c2ccccc2)c1. The van der Waals surface area contributed by atoms with Gasteiger partial charge < -0.3 is 5.73 Å². The molecular formula is C17H17N3. The van der Waals surface area contributed by atoms with Crippen molar-refractivity contribution in [3.05, 3.63) is 66.2 Å². The van der Waals surface area contributed by atoms with Gasteiger partial charge in [-0.15, -0.1) is 0 Å². The van der Waals surface area contributed by atoms with Crippen LogP contribution in [0.4, 0.5) is 5.82 Å². The molecule has 1 heterocycles. The maximum absolute atomic E-state index is 5.89. The van der Waals surface area contributed by atoms with Crippen LogP contribution in [0, 0.1) is 0 Å². The van der Waals surface area contributed by atoms with E-state index in [1.807, 2.05) is 41.1 Å². The molecule has 3 nitrogen and oxygen atoms in total. The largest absolute Gasteiger partial charge is 0.382 e. The Hall–Kier alpha value is -2.55. The summed E-state index contributed by atoms with van der Waals surface area (Å²) in [5, 5.41) is 4.41. The highest BCUT2D eigenvalue weighted by atomic mass is 15.3. The van der Waals surface area contributed by atoms with Gasteiger partial charge in [-0.3, -0.25) is 0 Å². The van der Waals surface area contributed by atoms with E-state index in [0.717, 1.165) is 23.4 Å². The number of benzene rings is 2. The molecule has 0 atom stereocenters. The monoisotopic (exact) mass is 263 g/mol. The molecule has 3 rings (SSSR count). The van der Waals surface area contributed by atoms with Crippen molar-refractivity contribution in [3.8, 4) is 16.9 Å². The van der Waals surface area contributed by atoms with Crippen LogP contribution in [0.2, 0.25) is 0 Å². The number of rotatable bonds is 3. The fraction of sp³-hybridized carbons (Fsp3) is 0.118. The molecule has 0 aliphatic rings. The molecule has 1 aromatic heterocycles. The summed E-state index contributed by atoms with van der Waals surface area (Å²) in [6.07, 6.45) is 1.02. The van der Waals surface area contributed by atoms with Crippen molar-refractivity contribution in [1.29, 1.82) is 0 Å². The van der Waals surface area contributed by atoms with Crippen molar-refractivity contribution in [2.75, 3.05) is 5.73 Å². The highest BCUT2D eigenvalue weighted by molar-refractivity contribution is 5.66. The first-order chi connectivity index (χ1) is 9.78. The second-order valence-electron chi connectivity index (χ2n) is 4.76. The first-order valence-corrected chi connectivity index (χ1v) is 6.78. The third kappa shape index (κ3) is 2.30. The Morgan fingerprint density at radius 2 is 1.80 bits per heavy atom. The van der Waals surface area contributed by atoms with Crippen molar-refractivity contribution in [1.82, 2.24) is 9.78 Å². The van der Waals surface area contributed by atoms with Gasteiger partial charge in [-0.1, -0.05) is 43.3 Å². The Labute approximate surface area is 118 Å². The summed E-state index contributed by atoms with van der Waals surface area (Å²) in [6, 6.07) is 20.5. The van der Waals surface area contributed by atoms with Crippen LogP contribution in [-0.4, -0.2) is 9.78 Å². The van der Waals surface area contributed by atoms with Crippen LogP contribution >= 0.6 is 0 Å². The van der Waals surface area contributed by atoms with Crippen LogP contribution in [-0.2, 0) is 6.42 Å². The fourth-order valence-corrected chi connectivity index (χ4v) is 2.32. The fourth-order valence-electron chi connectivity index (χ4n) is 2.32. The minimum Gasteiger partial charge on any atom is -0.382 e. The zero-order valence-corrected chi connectivity index (χ0v) is 11.5. The molecule has 0 saturated carbocycles. The molecule has 0 radical (unpaired) electrons. The van der Waals surface area contributed by atoms with Gasteiger partial charge in [0.05, 0.1) is 11.4 Å². The number of nitrogens with two attached hydrogens (primary N) is 1. The molecule has 2 N–H and O–H groups in total. The predicted molar refractivity (Wildman–Crippen MR) is 82.8 cm³/mol. The molecule has 0 unspecified atom stereocenters. The van der Waals surface area contributed by atoms with E-state index in [2.05, 4.69) is 36.3 Å². The number of aryl methyl sites for hydroxylation is 1. The smallest absolute Gasteiger partial charge is 0.146 e. The van der Waals surface area contributed by atoms with Gasteiger partial charge in [0.1, 0.15) is 5.82 Å². The summed E-state index contributed by atoms with van der Waals surface area (Å²) < 4.78 is 1.89. The highest BCUT2D eigenvalue weighted by Gasteiger charge is 2.10. The maximum atomic E-state index is 5.89. The Morgan fingerprint density at radius 3 is 2.55 bits per heavy atom. The molecule has 0 fully saturated rings. The molecule has 3 heteroatoms. The summed E-state index contributed by atoms with van der Waals surface area (Å²) >= 11 is 0. The number of hydrogen-bond donors (Lipinski definition) is 1. The second-order valence-corrected chi connectivity index (χ2v) is 4.76. The van der Waals surface area contributed by atoms with Crippen molar-refractivity contribution < 1.29 is 0 Å². The third-order valence-electron chi connectivity index (χ3n) is 3.36. The number of aromatic nitrogens is 2. The summed E-state index contributed by atoms with van der Waals surface area (Å²) in [7, 11) is 0. The first-order valence-electron chi connectivity index (χ1n) is 6.78. The Bertz CT molecular complexity index is 714. The van der Waals surface area contributed by atoms with Gasteiger partial charge in [-0.2, -0.15) is 5.10 Å². The van der Waals surface area contributed by atoms with Gasteiger partial charge in [0.25, 0.3) is 0 Å². The minimum atomic E-state index is 0.533. The molecule has 0 saturated heterocycles. The molecular weight excluding hydrogens is 246 g/mol. The van der Waals surface area contributed by atoms with E-state index in [-0.39, 0.29) is 0 Å². The molecule has 0 aliphatic heterocycles. The van der Waals surface area contributed by atoms with Crippen LogP contribution in [0.5, 0.6) is 0 Å². The lowest BCUT2D eigenvalue weighted by Gasteiger charge is -2.08. The maximum Gasteiger partial charge on any atom is 0.146 e. The van der Waals surface area contributed by atoms with Gasteiger partial charge in [0.15, 0.2) is 0 Å². The van der Waals surface area contributed by atoms with Gasteiger partial charge in [0, 0.05) is 11.6 Å². The van der Waals surface area contributed by atoms with E-state index >= 15 is 0 Å². The predicted octanol–water partition coefficient (Wildman–Crippen LogP) is 3.68. The third-order valence-corrected chi connectivity index (χ3v) is 3.36. The Morgan fingerprint density at radius 1 is 1.00 bits per heavy atom. The Kier molecular flexibility index (Phi) is 3.25. The number of hydrogen-bond acceptors (Lipinski definition) is 2. The lowest BCUT2D eigenvalue weighted by atomic mass is 10.1. The van der Waals surface area contributed by atoms with E-state index < -0.39 is 0 Å². The van der Waals surface area contributed by atoms with Crippen molar-refractivity contribution in [2.45, 2.75) is 13.3 Å². The van der Waals surface area contributed by atoms with Gasteiger partial charge in [-0.05, 0) is 30.2 Å². The van der Waals surface area contributed by atoms with E-state index in [9.17, 15) is 0 Å². The number of nitrogens with zero attached hydrogens (tertiary/aromatic N) is 2. The topological polar surface area (TPSA) is 43.8 Å². The minimum absolute atomic E-state index is 0.533. The normalized spacial score (nSPS) is 10.7. The number of anilines is 1. The van der Waals surface area contributed by atoms with E-state index in [1.165, 1.54) is 5.56 Å². The molecule has 0 aliphatic carbocycles. The second kappa shape index (κ2) is 5.21. The molecule has 0 spiro atoms. The Balaban J connectivity index is 2.14. The summed E-state index contributed by atoms with van der Waals surface area (Å²) in [4.78, 5) is 0. The van der Waals surface area contributed by atoms with E-state index in [4.69, 9.17) is 5.73 Å². The van der Waals surface area contributed by atoms with Crippen LogP contribution in [0.3, 0.4) is 0 Å². The van der Waals surface area contributed by atoms with Crippen LogP contribution in [0.15, 0.2) is 60.7 Å². The molecule has 20 heavy (non-hydrogen) atoms. The van der Waals surface area contributed by atoms with Crippen molar-refractivity contribution in [2.24, 2.45) is 0 Å². The van der Waals surface area contributed by atoms with Crippen LogP contribution < -0.4 is 5.73 Å². The van der Waals surface area contributed by atoms with Crippen LogP contribution in [0.25, 0.3) is 16.9 Å². The highest BCUT2D eigenvalue weighted by Crippen LogP contribution is 2.25. The average molecular weight is 263 g/mol. The van der Waals surface area contributed by atoms with E-state index in [1.54, 1.807) is 0 Å². The quantitative estimate of drug-likeness (QED) is 0.783. The van der Waals surface area contributed by atoms with Crippen LogP contribution in [0.1, 0.15) is 12.5 Å².